The predicted molar refractivity (Wildman–Crippen MR) is 132 cm³/mol. The maximum absolute atomic E-state index is 13.7. The summed E-state index contributed by atoms with van der Waals surface area (Å²) < 4.78 is 0. The van der Waals surface area contributed by atoms with Gasteiger partial charge in [-0.3, -0.25) is 14.7 Å². The summed E-state index contributed by atoms with van der Waals surface area (Å²) >= 11 is 0. The second kappa shape index (κ2) is 9.68. The molecule has 1 unspecified atom stereocenters. The molecule has 1 amide bonds. The maximum Gasteiger partial charge on any atom is 0.256 e. The highest BCUT2D eigenvalue weighted by atomic mass is 16.2. The molecule has 5 rings (SSSR count). The Labute approximate surface area is 203 Å². The number of aromatic amines is 1. The highest BCUT2D eigenvalue weighted by Crippen LogP contribution is 2.43. The third-order valence-electron chi connectivity index (χ3n) is 6.86. The zero-order valence-corrected chi connectivity index (χ0v) is 19.6. The van der Waals surface area contributed by atoms with Gasteiger partial charge in [-0.1, -0.05) is 79.8 Å². The summed E-state index contributed by atoms with van der Waals surface area (Å²) in [6.07, 6.45) is 5.33. The van der Waals surface area contributed by atoms with E-state index in [1.165, 1.54) is 0 Å². The van der Waals surface area contributed by atoms with Gasteiger partial charge in [0.05, 0.1) is 0 Å². The quantitative estimate of drug-likeness (QED) is 0.261. The minimum atomic E-state index is -0.774. The number of hydrogen-bond acceptors (Lipinski definition) is 6. The second-order valence-electron chi connectivity index (χ2n) is 9.03. The molecule has 10 heteroatoms. The number of amidine groups is 1. The lowest BCUT2D eigenvalue weighted by atomic mass is 9.96. The largest absolute Gasteiger partial charge is 0.285 e. The van der Waals surface area contributed by atoms with Crippen LogP contribution in [0.25, 0.3) is 33.0 Å². The third-order valence-corrected chi connectivity index (χ3v) is 6.86. The molecule has 1 saturated carbocycles. The number of nitrogens with one attached hydrogen (secondary N) is 1. The Hall–Kier alpha value is -4.04. The van der Waals surface area contributed by atoms with E-state index >= 15 is 0 Å². The molecule has 178 valence electrons. The Morgan fingerprint density at radius 2 is 1.89 bits per heavy atom. The molecule has 2 heterocycles. The summed E-state index contributed by atoms with van der Waals surface area (Å²) in [6, 6.07) is 15.6. The number of amides is 1. The maximum atomic E-state index is 13.7. The molecule has 2 aromatic carbocycles. The van der Waals surface area contributed by atoms with Gasteiger partial charge in [0, 0.05) is 16.9 Å². The SMILES string of the molecule is CCCCC1=NC2(CCCC2)C(=O)N1C(N=[N+]=[N-])c1ccc(-c2ccccc2-c2nn[nH]n2)cc1. The van der Waals surface area contributed by atoms with Gasteiger partial charge in [-0.25, -0.2) is 0 Å². The van der Waals surface area contributed by atoms with Crippen LogP contribution in [0.5, 0.6) is 0 Å². The van der Waals surface area contributed by atoms with Crippen molar-refractivity contribution >= 4 is 11.7 Å². The molecule has 1 aromatic heterocycles. The minimum absolute atomic E-state index is 0.0370. The first-order valence-corrected chi connectivity index (χ1v) is 12.1. The van der Waals surface area contributed by atoms with E-state index in [-0.39, 0.29) is 5.91 Å². The number of nitrogens with zero attached hydrogens (tertiary/aromatic N) is 8. The van der Waals surface area contributed by atoms with E-state index in [0.29, 0.717) is 12.2 Å². The van der Waals surface area contributed by atoms with E-state index < -0.39 is 11.7 Å². The number of aliphatic imine (C=N–C) groups is 1. The molecule has 2 aliphatic rings. The van der Waals surface area contributed by atoms with Crippen molar-refractivity contribution in [2.75, 3.05) is 0 Å². The number of tetrazole rings is 1. The molecule has 1 aliphatic carbocycles. The minimum Gasteiger partial charge on any atom is -0.285 e. The lowest BCUT2D eigenvalue weighted by molar-refractivity contribution is -0.132. The number of carbonyl (C=O) groups is 1. The van der Waals surface area contributed by atoms with E-state index in [1.807, 2.05) is 48.5 Å². The molecule has 10 nitrogen and oxygen atoms in total. The first-order chi connectivity index (χ1) is 17.2. The van der Waals surface area contributed by atoms with Crippen LogP contribution in [-0.4, -0.2) is 42.8 Å². The summed E-state index contributed by atoms with van der Waals surface area (Å²) in [5, 5.41) is 18.5. The molecule has 1 fully saturated rings. The van der Waals surface area contributed by atoms with Crippen molar-refractivity contribution in [3.63, 3.8) is 0 Å². The Bertz CT molecular complexity index is 1270. The van der Waals surface area contributed by atoms with Gasteiger partial charge < -0.3 is 0 Å². The highest BCUT2D eigenvalue weighted by molar-refractivity contribution is 6.08. The van der Waals surface area contributed by atoms with Crippen LogP contribution in [0.15, 0.2) is 58.6 Å². The van der Waals surface area contributed by atoms with Gasteiger partial charge in [0.15, 0.2) is 0 Å². The van der Waals surface area contributed by atoms with Crippen LogP contribution in [-0.2, 0) is 4.79 Å². The lowest BCUT2D eigenvalue weighted by Crippen LogP contribution is -2.42. The Morgan fingerprint density at radius 1 is 1.14 bits per heavy atom. The Balaban J connectivity index is 1.49. The fourth-order valence-corrected chi connectivity index (χ4v) is 5.10. The topological polar surface area (TPSA) is 136 Å². The van der Waals surface area contributed by atoms with E-state index in [0.717, 1.165) is 66.6 Å². The number of rotatable bonds is 8. The van der Waals surface area contributed by atoms with Gasteiger partial charge in [-0.15, -0.1) is 10.2 Å². The average Bonchev–Trinajstić information content (AvgIpc) is 3.64. The third kappa shape index (κ3) is 4.17. The van der Waals surface area contributed by atoms with Crippen molar-refractivity contribution < 1.29 is 4.79 Å². The van der Waals surface area contributed by atoms with E-state index in [2.05, 4.69) is 37.6 Å². The van der Waals surface area contributed by atoms with Gasteiger partial charge in [0.25, 0.3) is 5.91 Å². The molecule has 35 heavy (non-hydrogen) atoms. The standard InChI is InChI=1S/C25H27N9O/c1-2-3-10-21-27-25(15-6-7-16-25)24(35)34(21)23(30-31-26)18-13-11-17(12-14-18)19-8-4-5-9-20(19)22-28-32-33-29-22/h4-5,8-9,11-14,23H,2-3,6-7,10,15-16H2,1H3,(H,28,29,32,33). The summed E-state index contributed by atoms with van der Waals surface area (Å²) in [7, 11) is 0. The number of azide groups is 1. The van der Waals surface area contributed by atoms with Gasteiger partial charge in [-0.2, -0.15) is 5.21 Å². The number of aromatic nitrogens is 4. The monoisotopic (exact) mass is 469 g/mol. The predicted octanol–water partition coefficient (Wildman–Crippen LogP) is 5.59. The smallest absolute Gasteiger partial charge is 0.256 e. The summed E-state index contributed by atoms with van der Waals surface area (Å²) in [5.41, 5.74) is 12.2. The van der Waals surface area contributed by atoms with Crippen LogP contribution in [0.1, 0.15) is 63.6 Å². The van der Waals surface area contributed by atoms with Crippen molar-refractivity contribution in [1.82, 2.24) is 25.5 Å². The number of carbonyl (C=O) groups excluding carboxylic acids is 1. The van der Waals surface area contributed by atoms with Crippen LogP contribution >= 0.6 is 0 Å². The Morgan fingerprint density at radius 3 is 2.54 bits per heavy atom. The molecule has 1 spiro atoms. The van der Waals surface area contributed by atoms with Gasteiger partial charge in [0.2, 0.25) is 5.82 Å². The van der Waals surface area contributed by atoms with Crippen molar-refractivity contribution in [2.24, 2.45) is 10.1 Å². The lowest BCUT2D eigenvalue weighted by Gasteiger charge is -2.28. The molecular formula is C25H27N9O. The first kappa shape index (κ1) is 22.7. The number of H-pyrrole nitrogens is 1. The van der Waals surface area contributed by atoms with Crippen molar-refractivity contribution in [1.29, 1.82) is 0 Å². The molecule has 0 radical (unpaired) electrons. The van der Waals surface area contributed by atoms with E-state index in [9.17, 15) is 10.3 Å². The van der Waals surface area contributed by atoms with Crippen molar-refractivity contribution in [3.05, 3.63) is 64.5 Å². The second-order valence-corrected chi connectivity index (χ2v) is 9.03. The van der Waals surface area contributed by atoms with Gasteiger partial charge >= 0.3 is 0 Å². The van der Waals surface area contributed by atoms with Crippen LogP contribution in [0.4, 0.5) is 0 Å². The fraction of sp³-hybridized carbons (Fsp3) is 0.400. The van der Waals surface area contributed by atoms with E-state index in [4.69, 9.17) is 4.99 Å². The normalized spacial score (nSPS) is 17.5. The number of unbranched alkanes of at least 4 members (excludes halogenated alkanes) is 1. The number of benzene rings is 2. The molecule has 1 atom stereocenters. The van der Waals surface area contributed by atoms with Crippen LogP contribution in [0.3, 0.4) is 0 Å². The zero-order chi connectivity index (χ0) is 24.3. The zero-order valence-electron chi connectivity index (χ0n) is 19.6. The summed E-state index contributed by atoms with van der Waals surface area (Å²) in [5.74, 6) is 1.21. The fourth-order valence-electron chi connectivity index (χ4n) is 5.10. The average molecular weight is 470 g/mol. The van der Waals surface area contributed by atoms with Crippen LogP contribution in [0, 0.1) is 0 Å². The highest BCUT2D eigenvalue weighted by Gasteiger charge is 2.51. The number of hydrogen-bond donors (Lipinski definition) is 1. The van der Waals surface area contributed by atoms with Crippen LogP contribution < -0.4 is 0 Å². The van der Waals surface area contributed by atoms with Gasteiger partial charge in [-0.05, 0) is 46.7 Å². The first-order valence-electron chi connectivity index (χ1n) is 12.1. The van der Waals surface area contributed by atoms with E-state index in [1.54, 1.807) is 4.90 Å². The van der Waals surface area contributed by atoms with Crippen molar-refractivity contribution in [2.45, 2.75) is 63.6 Å². The summed E-state index contributed by atoms with van der Waals surface area (Å²) in [6.45, 7) is 2.11. The summed E-state index contributed by atoms with van der Waals surface area (Å²) in [4.78, 5) is 23.4. The molecule has 0 saturated heterocycles. The molecule has 0 bridgehead atoms. The molecule has 1 aliphatic heterocycles. The van der Waals surface area contributed by atoms with Crippen molar-refractivity contribution in [3.8, 4) is 22.5 Å². The van der Waals surface area contributed by atoms with Crippen LogP contribution in [0.2, 0.25) is 0 Å². The molecule has 1 N–H and O–H groups in total. The molecular weight excluding hydrogens is 442 g/mol. The Kier molecular flexibility index (Phi) is 6.29. The molecule has 3 aromatic rings. The van der Waals surface area contributed by atoms with Gasteiger partial charge in [0.1, 0.15) is 17.5 Å².